The van der Waals surface area contributed by atoms with E-state index in [1.165, 1.54) is 5.71 Å². The first kappa shape index (κ1) is 9.13. The highest BCUT2D eigenvalue weighted by Crippen LogP contribution is 2.14. The van der Waals surface area contributed by atoms with E-state index < -0.39 is 0 Å². The number of aliphatic imine (C=N–C) groups is 2. The zero-order chi connectivity index (χ0) is 9.80. The highest BCUT2D eigenvalue weighted by molar-refractivity contribution is 6.47. The van der Waals surface area contributed by atoms with E-state index in [0.717, 1.165) is 30.8 Å². The van der Waals surface area contributed by atoms with Crippen molar-refractivity contribution >= 4 is 11.4 Å². The van der Waals surface area contributed by atoms with Crippen LogP contribution in [-0.2, 0) is 0 Å². The van der Waals surface area contributed by atoms with Gasteiger partial charge in [0.05, 0.1) is 23.7 Å². The van der Waals surface area contributed by atoms with E-state index in [1.807, 2.05) is 25.2 Å². The molecule has 2 heteroatoms. The van der Waals surface area contributed by atoms with Crippen LogP contribution in [0, 0.1) is 0 Å². The zero-order valence-corrected chi connectivity index (χ0v) is 8.40. The Bertz CT molecular complexity index is 368. The smallest absolute Gasteiger partial charge is 0.0841 e. The van der Waals surface area contributed by atoms with Gasteiger partial charge in [-0.05, 0) is 31.9 Å². The van der Waals surface area contributed by atoms with Crippen LogP contribution in [0.3, 0.4) is 0 Å². The Morgan fingerprint density at radius 2 is 2.36 bits per heavy atom. The maximum Gasteiger partial charge on any atom is 0.0841 e. The number of hydrogen-bond donors (Lipinski definition) is 0. The average Bonchev–Trinajstić information content (AvgIpc) is 2.26. The summed E-state index contributed by atoms with van der Waals surface area (Å²) < 4.78 is 0. The Morgan fingerprint density at radius 3 is 3.21 bits per heavy atom. The summed E-state index contributed by atoms with van der Waals surface area (Å²) in [7, 11) is 0. The molecule has 2 nitrogen and oxygen atoms in total. The second-order valence-corrected chi connectivity index (χ2v) is 3.38. The van der Waals surface area contributed by atoms with Gasteiger partial charge in [0.15, 0.2) is 0 Å². The second kappa shape index (κ2) is 4.18. The van der Waals surface area contributed by atoms with E-state index in [2.05, 4.69) is 22.1 Å². The molecular weight excluding hydrogens is 172 g/mol. The molecular formula is C12H14N2. The molecule has 0 atom stereocenters. The fourth-order valence-corrected chi connectivity index (χ4v) is 1.56. The van der Waals surface area contributed by atoms with Gasteiger partial charge in [-0.2, -0.15) is 0 Å². The van der Waals surface area contributed by atoms with Crippen molar-refractivity contribution in [3.8, 4) is 0 Å². The van der Waals surface area contributed by atoms with Gasteiger partial charge in [0.2, 0.25) is 0 Å². The molecule has 0 aromatic carbocycles. The molecule has 1 aliphatic carbocycles. The van der Waals surface area contributed by atoms with Crippen molar-refractivity contribution < 1.29 is 0 Å². The molecule has 0 unspecified atom stereocenters. The molecule has 1 aliphatic heterocycles. The first-order valence-corrected chi connectivity index (χ1v) is 5.01. The van der Waals surface area contributed by atoms with Gasteiger partial charge >= 0.3 is 0 Å². The van der Waals surface area contributed by atoms with E-state index in [4.69, 9.17) is 0 Å². The minimum atomic E-state index is 0.733. The second-order valence-electron chi connectivity index (χ2n) is 3.38. The van der Waals surface area contributed by atoms with Crippen LogP contribution in [-0.4, -0.2) is 18.0 Å². The summed E-state index contributed by atoms with van der Waals surface area (Å²) >= 11 is 0. The molecule has 0 radical (unpaired) electrons. The van der Waals surface area contributed by atoms with Gasteiger partial charge in [-0.3, -0.25) is 4.99 Å². The Balaban J connectivity index is 2.24. The number of allylic oxidation sites excluding steroid dienone is 5. The fourth-order valence-electron chi connectivity index (χ4n) is 1.56. The minimum absolute atomic E-state index is 0.733. The Morgan fingerprint density at radius 1 is 1.43 bits per heavy atom. The Kier molecular flexibility index (Phi) is 2.73. The van der Waals surface area contributed by atoms with Crippen molar-refractivity contribution in [2.24, 2.45) is 9.98 Å². The molecule has 1 heterocycles. The molecule has 2 aliphatic rings. The normalized spacial score (nSPS) is 23.6. The lowest BCUT2D eigenvalue weighted by molar-refractivity contribution is 1.02. The van der Waals surface area contributed by atoms with E-state index >= 15 is 0 Å². The predicted molar refractivity (Wildman–Crippen MR) is 61.0 cm³/mol. The van der Waals surface area contributed by atoms with Crippen LogP contribution in [0.5, 0.6) is 0 Å². The molecule has 0 saturated heterocycles. The van der Waals surface area contributed by atoms with Gasteiger partial charge in [-0.1, -0.05) is 18.2 Å². The molecule has 0 saturated carbocycles. The molecule has 0 aromatic heterocycles. The lowest BCUT2D eigenvalue weighted by Crippen LogP contribution is -2.19. The summed E-state index contributed by atoms with van der Waals surface area (Å²) in [6.07, 6.45) is 12.4. The first-order valence-electron chi connectivity index (χ1n) is 5.01. The maximum absolute atomic E-state index is 4.55. The van der Waals surface area contributed by atoms with Crippen molar-refractivity contribution in [1.82, 2.24) is 0 Å². The Labute approximate surface area is 84.5 Å². The summed E-state index contributed by atoms with van der Waals surface area (Å²) in [6, 6.07) is 0. The van der Waals surface area contributed by atoms with Crippen LogP contribution in [0.4, 0.5) is 0 Å². The molecule has 2 rings (SSSR count). The molecule has 14 heavy (non-hydrogen) atoms. The van der Waals surface area contributed by atoms with E-state index in [1.54, 1.807) is 0 Å². The summed E-state index contributed by atoms with van der Waals surface area (Å²) in [6.45, 7) is 2.74. The largest absolute Gasteiger partial charge is 0.281 e. The van der Waals surface area contributed by atoms with Gasteiger partial charge in [-0.25, -0.2) is 4.99 Å². The van der Waals surface area contributed by atoms with Crippen LogP contribution >= 0.6 is 0 Å². The summed E-state index contributed by atoms with van der Waals surface area (Å²) in [4.78, 5) is 9.07. The highest BCUT2D eigenvalue weighted by atomic mass is 14.9. The number of nitrogens with zero attached hydrogens (tertiary/aromatic N) is 2. The SMILES string of the molecule is C/C=C\C=C1/CN=C2CCC=CC2=N1. The van der Waals surface area contributed by atoms with Gasteiger partial charge in [0.25, 0.3) is 0 Å². The molecule has 0 amide bonds. The minimum Gasteiger partial charge on any atom is -0.281 e. The maximum atomic E-state index is 4.55. The molecule has 0 N–H and O–H groups in total. The van der Waals surface area contributed by atoms with Crippen molar-refractivity contribution in [3.63, 3.8) is 0 Å². The number of fused-ring (bicyclic) bond motifs is 1. The average molecular weight is 186 g/mol. The van der Waals surface area contributed by atoms with E-state index in [-0.39, 0.29) is 0 Å². The molecule has 0 fully saturated rings. The van der Waals surface area contributed by atoms with Crippen LogP contribution in [0.25, 0.3) is 0 Å². The third-order valence-corrected chi connectivity index (χ3v) is 2.30. The van der Waals surface area contributed by atoms with Crippen LogP contribution in [0.15, 0.2) is 46.1 Å². The topological polar surface area (TPSA) is 24.7 Å². The van der Waals surface area contributed by atoms with Gasteiger partial charge in [0, 0.05) is 0 Å². The third kappa shape index (κ3) is 1.90. The fraction of sp³-hybridized carbons (Fsp3) is 0.333. The monoisotopic (exact) mass is 186 g/mol. The first-order chi connectivity index (χ1) is 6.90. The lowest BCUT2D eigenvalue weighted by atomic mass is 10.0. The molecule has 0 spiro atoms. The van der Waals surface area contributed by atoms with Crippen molar-refractivity contribution in [2.45, 2.75) is 19.8 Å². The standard InChI is InChI=1S/C12H14N2/c1-2-3-6-10-9-13-11-7-4-5-8-12(11)14-10/h2-3,5-6,8H,4,7,9H2,1H3/b3-2-,10-6+. The van der Waals surface area contributed by atoms with Crippen LogP contribution in [0.1, 0.15) is 19.8 Å². The van der Waals surface area contributed by atoms with E-state index in [0.29, 0.717) is 0 Å². The van der Waals surface area contributed by atoms with Gasteiger partial charge < -0.3 is 0 Å². The predicted octanol–water partition coefficient (Wildman–Crippen LogP) is 2.69. The third-order valence-electron chi connectivity index (χ3n) is 2.30. The highest BCUT2D eigenvalue weighted by Gasteiger charge is 2.13. The molecule has 72 valence electrons. The van der Waals surface area contributed by atoms with Gasteiger partial charge in [-0.15, -0.1) is 0 Å². The van der Waals surface area contributed by atoms with Crippen LogP contribution < -0.4 is 0 Å². The van der Waals surface area contributed by atoms with Gasteiger partial charge in [0.1, 0.15) is 0 Å². The number of rotatable bonds is 1. The summed E-state index contributed by atoms with van der Waals surface area (Å²) in [5, 5.41) is 0. The number of hydrogen-bond acceptors (Lipinski definition) is 2. The summed E-state index contributed by atoms with van der Waals surface area (Å²) in [5.41, 5.74) is 3.27. The zero-order valence-electron chi connectivity index (χ0n) is 8.40. The van der Waals surface area contributed by atoms with Crippen molar-refractivity contribution in [2.75, 3.05) is 6.54 Å². The van der Waals surface area contributed by atoms with Crippen LogP contribution in [0.2, 0.25) is 0 Å². The lowest BCUT2D eigenvalue weighted by Gasteiger charge is -2.15. The van der Waals surface area contributed by atoms with Crippen molar-refractivity contribution in [1.29, 1.82) is 0 Å². The Hall–Kier alpha value is -1.44. The van der Waals surface area contributed by atoms with Crippen molar-refractivity contribution in [3.05, 3.63) is 36.1 Å². The quantitative estimate of drug-likeness (QED) is 0.601. The van der Waals surface area contributed by atoms with E-state index in [9.17, 15) is 0 Å². The molecule has 0 bridgehead atoms. The summed E-state index contributed by atoms with van der Waals surface area (Å²) in [5.74, 6) is 0. The molecule has 0 aromatic rings.